The summed E-state index contributed by atoms with van der Waals surface area (Å²) in [5.41, 5.74) is 0.294. The summed E-state index contributed by atoms with van der Waals surface area (Å²) in [4.78, 5) is 23.6. The monoisotopic (exact) mass is 319 g/mol. The smallest absolute Gasteiger partial charge is 0.339 e. The Kier molecular flexibility index (Phi) is 3.73. The van der Waals surface area contributed by atoms with Crippen molar-refractivity contribution in [3.63, 3.8) is 0 Å². The molecule has 1 aromatic heterocycles. The Morgan fingerprint density at radius 1 is 1.48 bits per heavy atom. The minimum absolute atomic E-state index is 0.0538. The van der Waals surface area contributed by atoms with E-state index < -0.39 is 23.7 Å². The van der Waals surface area contributed by atoms with Gasteiger partial charge in [0.1, 0.15) is 22.8 Å². The molecule has 120 valence electrons. The molecule has 2 N–H and O–H groups in total. The molecule has 0 spiro atoms. The number of fused-ring (bicyclic) bond motifs is 1. The van der Waals surface area contributed by atoms with E-state index in [1.54, 1.807) is 0 Å². The predicted octanol–water partition coefficient (Wildman–Crippen LogP) is 1.51. The van der Waals surface area contributed by atoms with Gasteiger partial charge in [0.25, 0.3) is 5.91 Å². The average molecular weight is 319 g/mol. The van der Waals surface area contributed by atoms with Crippen molar-refractivity contribution in [2.75, 3.05) is 6.61 Å². The van der Waals surface area contributed by atoms with Gasteiger partial charge in [0.15, 0.2) is 0 Å². The fourth-order valence-corrected chi connectivity index (χ4v) is 2.61. The van der Waals surface area contributed by atoms with Crippen LogP contribution in [0.5, 0.6) is 5.75 Å². The van der Waals surface area contributed by atoms with Crippen LogP contribution in [0, 0.1) is 5.82 Å². The van der Waals surface area contributed by atoms with Crippen LogP contribution in [0.3, 0.4) is 0 Å². The van der Waals surface area contributed by atoms with Gasteiger partial charge in [-0.1, -0.05) is 0 Å². The van der Waals surface area contributed by atoms with E-state index >= 15 is 0 Å². The molecule has 1 atom stereocenters. The number of nitrogens with one attached hydrogen (secondary N) is 1. The van der Waals surface area contributed by atoms with Crippen molar-refractivity contribution in [2.45, 2.75) is 12.5 Å². The summed E-state index contributed by atoms with van der Waals surface area (Å²) in [5, 5.41) is 15.7. The number of carbonyl (C=O) groups excluding carboxylic acids is 1. The van der Waals surface area contributed by atoms with E-state index in [1.165, 1.54) is 29.9 Å². The van der Waals surface area contributed by atoms with E-state index in [9.17, 15) is 14.0 Å². The van der Waals surface area contributed by atoms with Gasteiger partial charge in [0.2, 0.25) is 0 Å². The second kappa shape index (κ2) is 5.71. The Labute approximate surface area is 130 Å². The van der Waals surface area contributed by atoms with Crippen LogP contribution >= 0.6 is 0 Å². The summed E-state index contributed by atoms with van der Waals surface area (Å²) in [6.07, 6.45) is 1.58. The molecule has 0 radical (unpaired) electrons. The zero-order valence-corrected chi connectivity index (χ0v) is 12.2. The van der Waals surface area contributed by atoms with Crippen LogP contribution in [-0.4, -0.2) is 33.4 Å². The molecule has 0 fully saturated rings. The minimum Gasteiger partial charge on any atom is -0.493 e. The molecule has 2 aromatic rings. The summed E-state index contributed by atoms with van der Waals surface area (Å²) in [5.74, 6) is -1.74. The fourth-order valence-electron chi connectivity index (χ4n) is 2.61. The molecule has 1 amide bonds. The van der Waals surface area contributed by atoms with E-state index in [2.05, 4.69) is 10.4 Å². The summed E-state index contributed by atoms with van der Waals surface area (Å²) in [7, 11) is 1.49. The number of aromatic carboxylic acids is 1. The van der Waals surface area contributed by atoms with Gasteiger partial charge >= 0.3 is 5.97 Å². The molecule has 0 aliphatic carbocycles. The van der Waals surface area contributed by atoms with Gasteiger partial charge in [-0.05, 0) is 18.2 Å². The number of hydrogen-bond acceptors (Lipinski definition) is 4. The minimum atomic E-state index is -1.23. The molecule has 23 heavy (non-hydrogen) atoms. The first-order valence-electron chi connectivity index (χ1n) is 6.95. The van der Waals surface area contributed by atoms with Crippen molar-refractivity contribution in [2.24, 2.45) is 7.05 Å². The highest BCUT2D eigenvalue weighted by Crippen LogP contribution is 2.32. The second-order valence-corrected chi connectivity index (χ2v) is 5.18. The number of amides is 1. The number of ether oxygens (including phenoxy) is 1. The highest BCUT2D eigenvalue weighted by molar-refractivity contribution is 6.03. The quantitative estimate of drug-likeness (QED) is 0.894. The lowest BCUT2D eigenvalue weighted by atomic mass is 10.00. The van der Waals surface area contributed by atoms with Gasteiger partial charge in [-0.2, -0.15) is 5.10 Å². The zero-order valence-electron chi connectivity index (χ0n) is 12.2. The van der Waals surface area contributed by atoms with Crippen LogP contribution in [0.15, 0.2) is 24.4 Å². The van der Waals surface area contributed by atoms with Crippen molar-refractivity contribution in [1.82, 2.24) is 15.1 Å². The number of hydrogen-bond donors (Lipinski definition) is 2. The molecule has 1 unspecified atom stereocenters. The standard InChI is InChI=1S/C15H14FN3O4/c1-19-13(10(7-17-19)15(21)22)14(20)18-11-4-5-23-12-3-2-8(16)6-9(11)12/h2-3,6-7,11H,4-5H2,1H3,(H,18,20)(H,21,22). The average Bonchev–Trinajstić information content (AvgIpc) is 2.90. The van der Waals surface area contributed by atoms with E-state index in [4.69, 9.17) is 9.84 Å². The Hall–Kier alpha value is -2.90. The third-order valence-corrected chi connectivity index (χ3v) is 3.70. The first-order valence-corrected chi connectivity index (χ1v) is 6.95. The van der Waals surface area contributed by atoms with Crippen molar-refractivity contribution in [3.8, 4) is 5.75 Å². The largest absolute Gasteiger partial charge is 0.493 e. The highest BCUT2D eigenvalue weighted by atomic mass is 19.1. The molecule has 1 aromatic carbocycles. The molecular weight excluding hydrogens is 305 g/mol. The van der Waals surface area contributed by atoms with Crippen LogP contribution in [0.4, 0.5) is 4.39 Å². The van der Waals surface area contributed by atoms with Crippen molar-refractivity contribution < 1.29 is 23.8 Å². The maximum atomic E-state index is 13.5. The normalized spacial score (nSPS) is 16.3. The maximum Gasteiger partial charge on any atom is 0.339 e. The number of benzene rings is 1. The Morgan fingerprint density at radius 3 is 3.00 bits per heavy atom. The van der Waals surface area contributed by atoms with Crippen LogP contribution in [0.2, 0.25) is 0 Å². The number of carbonyl (C=O) groups is 2. The maximum absolute atomic E-state index is 13.5. The molecule has 0 bridgehead atoms. The molecule has 0 saturated heterocycles. The SMILES string of the molecule is Cn1ncc(C(=O)O)c1C(=O)NC1CCOc2ccc(F)cc21. The summed E-state index contributed by atoms with van der Waals surface area (Å²) < 4.78 is 20.1. The molecule has 3 rings (SSSR count). The van der Waals surface area contributed by atoms with E-state index in [-0.39, 0.29) is 11.3 Å². The summed E-state index contributed by atoms with van der Waals surface area (Å²) in [6, 6.07) is 3.64. The lowest BCUT2D eigenvalue weighted by molar-refractivity contribution is 0.0689. The topological polar surface area (TPSA) is 93.5 Å². The molecule has 7 nitrogen and oxygen atoms in total. The van der Waals surface area contributed by atoms with E-state index in [1.807, 2.05) is 0 Å². The van der Waals surface area contributed by atoms with Crippen molar-refractivity contribution >= 4 is 11.9 Å². The van der Waals surface area contributed by atoms with Gasteiger partial charge in [0, 0.05) is 19.0 Å². The van der Waals surface area contributed by atoms with Crippen LogP contribution < -0.4 is 10.1 Å². The van der Waals surface area contributed by atoms with Crippen LogP contribution in [0.1, 0.15) is 38.9 Å². The van der Waals surface area contributed by atoms with Gasteiger partial charge in [-0.25, -0.2) is 9.18 Å². The number of rotatable bonds is 3. The Balaban J connectivity index is 1.89. The van der Waals surface area contributed by atoms with Gasteiger partial charge in [-0.15, -0.1) is 0 Å². The number of halogens is 1. The third-order valence-electron chi connectivity index (χ3n) is 3.70. The summed E-state index contributed by atoms with van der Waals surface area (Å²) >= 11 is 0. The number of nitrogens with zero attached hydrogens (tertiary/aromatic N) is 2. The fraction of sp³-hybridized carbons (Fsp3) is 0.267. The number of carboxylic acid groups (broad SMARTS) is 1. The second-order valence-electron chi connectivity index (χ2n) is 5.18. The van der Waals surface area contributed by atoms with Crippen molar-refractivity contribution in [3.05, 3.63) is 47.0 Å². The number of aryl methyl sites for hydroxylation is 1. The molecule has 0 saturated carbocycles. The molecule has 1 aliphatic rings. The lowest BCUT2D eigenvalue weighted by Gasteiger charge is -2.26. The molecular formula is C15H14FN3O4. The number of aromatic nitrogens is 2. The van der Waals surface area contributed by atoms with Crippen LogP contribution in [-0.2, 0) is 7.05 Å². The third kappa shape index (κ3) is 2.75. The Bertz CT molecular complexity index is 787. The highest BCUT2D eigenvalue weighted by Gasteiger charge is 2.27. The Morgan fingerprint density at radius 2 is 2.26 bits per heavy atom. The molecule has 8 heteroatoms. The lowest BCUT2D eigenvalue weighted by Crippen LogP contribution is -2.34. The number of carboxylic acids is 1. The van der Waals surface area contributed by atoms with Gasteiger partial charge in [0.05, 0.1) is 18.8 Å². The first kappa shape index (κ1) is 15.0. The van der Waals surface area contributed by atoms with E-state index in [0.29, 0.717) is 24.3 Å². The van der Waals surface area contributed by atoms with E-state index in [0.717, 1.165) is 6.20 Å². The first-order chi connectivity index (χ1) is 11.0. The van der Waals surface area contributed by atoms with Gasteiger partial charge in [-0.3, -0.25) is 9.48 Å². The van der Waals surface area contributed by atoms with Gasteiger partial charge < -0.3 is 15.2 Å². The van der Waals surface area contributed by atoms with Crippen molar-refractivity contribution in [1.29, 1.82) is 0 Å². The molecule has 1 aliphatic heterocycles. The zero-order chi connectivity index (χ0) is 16.6. The molecule has 2 heterocycles. The summed E-state index contributed by atoms with van der Waals surface area (Å²) in [6.45, 7) is 0.376. The predicted molar refractivity (Wildman–Crippen MR) is 76.9 cm³/mol. The van der Waals surface area contributed by atoms with Crippen LogP contribution in [0.25, 0.3) is 0 Å².